The van der Waals surface area contributed by atoms with Gasteiger partial charge in [0, 0.05) is 16.9 Å². The zero-order chi connectivity index (χ0) is 11.4. The number of halogens is 1. The summed E-state index contributed by atoms with van der Waals surface area (Å²) in [4.78, 5) is 0. The number of rotatable bonds is 4. The Kier molecular flexibility index (Phi) is 3.80. The van der Waals surface area contributed by atoms with Crippen molar-refractivity contribution in [3.63, 3.8) is 0 Å². The normalized spacial score (nSPS) is 12.6. The lowest BCUT2D eigenvalue weighted by Gasteiger charge is -2.11. The maximum atomic E-state index is 6.08. The van der Waals surface area contributed by atoms with E-state index in [4.69, 9.17) is 10.2 Å². The van der Waals surface area contributed by atoms with E-state index in [1.54, 1.807) is 6.26 Å². The molecule has 2 aromatic rings. The lowest BCUT2D eigenvalue weighted by atomic mass is 10.0. The highest BCUT2D eigenvalue weighted by Crippen LogP contribution is 2.18. The molecule has 16 heavy (non-hydrogen) atoms. The van der Waals surface area contributed by atoms with E-state index in [-0.39, 0.29) is 6.04 Å². The molecule has 1 aromatic heterocycles. The summed E-state index contributed by atoms with van der Waals surface area (Å²) in [5.41, 5.74) is 7.32. The van der Waals surface area contributed by atoms with E-state index in [0.29, 0.717) is 0 Å². The highest BCUT2D eigenvalue weighted by molar-refractivity contribution is 9.10. The van der Waals surface area contributed by atoms with E-state index >= 15 is 0 Å². The van der Waals surface area contributed by atoms with E-state index in [0.717, 1.165) is 23.1 Å². The van der Waals surface area contributed by atoms with Gasteiger partial charge in [-0.3, -0.25) is 0 Å². The van der Waals surface area contributed by atoms with E-state index in [1.807, 2.05) is 30.3 Å². The molecule has 3 heteroatoms. The molecule has 0 amide bonds. The molecule has 1 aromatic carbocycles. The first-order chi connectivity index (χ1) is 7.75. The van der Waals surface area contributed by atoms with Crippen LogP contribution in [0, 0.1) is 0 Å². The second-order valence-corrected chi connectivity index (χ2v) is 4.69. The SMILES string of the molecule is NC(Cc1ccco1)Cc1ccccc1Br. The first-order valence-electron chi connectivity index (χ1n) is 5.27. The Morgan fingerprint density at radius 2 is 1.94 bits per heavy atom. The predicted molar refractivity (Wildman–Crippen MR) is 68.2 cm³/mol. The standard InChI is InChI=1S/C13H14BrNO/c14-13-6-2-1-4-10(13)8-11(15)9-12-5-3-7-16-12/h1-7,11H,8-9,15H2. The minimum Gasteiger partial charge on any atom is -0.469 e. The monoisotopic (exact) mass is 279 g/mol. The summed E-state index contributed by atoms with van der Waals surface area (Å²) < 4.78 is 6.40. The molecule has 1 atom stereocenters. The Bertz CT molecular complexity index is 439. The van der Waals surface area contributed by atoms with E-state index in [1.165, 1.54) is 5.56 Å². The van der Waals surface area contributed by atoms with Crippen LogP contribution in [0.5, 0.6) is 0 Å². The number of benzene rings is 1. The van der Waals surface area contributed by atoms with E-state index < -0.39 is 0 Å². The van der Waals surface area contributed by atoms with Crippen molar-refractivity contribution in [2.45, 2.75) is 18.9 Å². The molecule has 0 spiro atoms. The molecule has 84 valence electrons. The number of furan rings is 1. The third-order valence-corrected chi connectivity index (χ3v) is 3.26. The summed E-state index contributed by atoms with van der Waals surface area (Å²) in [6.07, 6.45) is 3.30. The van der Waals surface area contributed by atoms with Crippen LogP contribution in [0.25, 0.3) is 0 Å². The number of hydrogen-bond acceptors (Lipinski definition) is 2. The van der Waals surface area contributed by atoms with Crippen molar-refractivity contribution < 1.29 is 4.42 Å². The molecule has 1 unspecified atom stereocenters. The van der Waals surface area contributed by atoms with Crippen LogP contribution in [0.4, 0.5) is 0 Å². The lowest BCUT2D eigenvalue weighted by Crippen LogP contribution is -2.25. The highest BCUT2D eigenvalue weighted by Gasteiger charge is 2.08. The Balaban J connectivity index is 1.97. The van der Waals surface area contributed by atoms with E-state index in [2.05, 4.69) is 22.0 Å². The summed E-state index contributed by atoms with van der Waals surface area (Å²) >= 11 is 3.52. The maximum absolute atomic E-state index is 6.08. The summed E-state index contributed by atoms with van der Waals surface area (Å²) in [6, 6.07) is 12.1. The molecule has 2 nitrogen and oxygen atoms in total. The van der Waals surface area contributed by atoms with Crippen LogP contribution in [0.2, 0.25) is 0 Å². The van der Waals surface area contributed by atoms with Gasteiger partial charge in [0.25, 0.3) is 0 Å². The first-order valence-corrected chi connectivity index (χ1v) is 6.06. The van der Waals surface area contributed by atoms with Gasteiger partial charge in [0.05, 0.1) is 6.26 Å². The maximum Gasteiger partial charge on any atom is 0.105 e. The molecule has 0 radical (unpaired) electrons. The van der Waals surface area contributed by atoms with Gasteiger partial charge in [-0.15, -0.1) is 0 Å². The molecule has 0 aliphatic rings. The van der Waals surface area contributed by atoms with Gasteiger partial charge in [-0.25, -0.2) is 0 Å². The minimum absolute atomic E-state index is 0.0878. The largest absolute Gasteiger partial charge is 0.469 e. The van der Waals surface area contributed by atoms with Gasteiger partial charge in [0.15, 0.2) is 0 Å². The number of nitrogens with two attached hydrogens (primary N) is 1. The molecule has 0 aliphatic carbocycles. The molecule has 0 saturated carbocycles. The average Bonchev–Trinajstić information content (AvgIpc) is 2.74. The number of hydrogen-bond donors (Lipinski definition) is 1. The first kappa shape index (κ1) is 11.4. The Hall–Kier alpha value is -1.06. The quantitative estimate of drug-likeness (QED) is 0.934. The van der Waals surface area contributed by atoms with Crippen molar-refractivity contribution in [3.8, 4) is 0 Å². The van der Waals surface area contributed by atoms with Crippen molar-refractivity contribution in [3.05, 3.63) is 58.5 Å². The molecule has 0 aliphatic heterocycles. The molecule has 2 rings (SSSR count). The average molecular weight is 280 g/mol. The van der Waals surface area contributed by atoms with Crippen molar-refractivity contribution in [1.82, 2.24) is 0 Å². The zero-order valence-corrected chi connectivity index (χ0v) is 10.5. The topological polar surface area (TPSA) is 39.2 Å². The Morgan fingerprint density at radius 3 is 2.62 bits per heavy atom. The highest BCUT2D eigenvalue weighted by atomic mass is 79.9. The molecule has 0 fully saturated rings. The summed E-state index contributed by atoms with van der Waals surface area (Å²) in [5.74, 6) is 0.944. The van der Waals surface area contributed by atoms with Crippen molar-refractivity contribution >= 4 is 15.9 Å². The van der Waals surface area contributed by atoms with Gasteiger partial charge in [0.2, 0.25) is 0 Å². The van der Waals surface area contributed by atoms with Crippen LogP contribution in [0.3, 0.4) is 0 Å². The predicted octanol–water partition coefficient (Wildman–Crippen LogP) is 3.15. The van der Waals surface area contributed by atoms with Crippen LogP contribution in [0.15, 0.2) is 51.6 Å². The van der Waals surface area contributed by atoms with Crippen LogP contribution in [-0.4, -0.2) is 6.04 Å². The molecule has 2 N–H and O–H groups in total. The van der Waals surface area contributed by atoms with Gasteiger partial charge in [0.1, 0.15) is 5.76 Å². The second kappa shape index (κ2) is 5.32. The van der Waals surface area contributed by atoms with Crippen molar-refractivity contribution in [2.24, 2.45) is 5.73 Å². The summed E-state index contributed by atoms with van der Waals surface area (Å²) in [7, 11) is 0. The molecular formula is C13H14BrNO. The minimum atomic E-state index is 0.0878. The summed E-state index contributed by atoms with van der Waals surface area (Å²) in [6.45, 7) is 0. The lowest BCUT2D eigenvalue weighted by molar-refractivity contribution is 0.483. The van der Waals surface area contributed by atoms with Gasteiger partial charge >= 0.3 is 0 Å². The molecule has 0 bridgehead atoms. The third-order valence-electron chi connectivity index (χ3n) is 2.48. The van der Waals surface area contributed by atoms with Crippen molar-refractivity contribution in [1.29, 1.82) is 0 Å². The van der Waals surface area contributed by atoms with Gasteiger partial charge < -0.3 is 10.2 Å². The fourth-order valence-electron chi connectivity index (χ4n) is 1.71. The van der Waals surface area contributed by atoms with Gasteiger partial charge in [-0.2, -0.15) is 0 Å². The van der Waals surface area contributed by atoms with Crippen molar-refractivity contribution in [2.75, 3.05) is 0 Å². The molecule has 1 heterocycles. The fraction of sp³-hybridized carbons (Fsp3) is 0.231. The van der Waals surface area contributed by atoms with Crippen LogP contribution in [0.1, 0.15) is 11.3 Å². The van der Waals surface area contributed by atoms with E-state index in [9.17, 15) is 0 Å². The Morgan fingerprint density at radius 1 is 1.12 bits per heavy atom. The zero-order valence-electron chi connectivity index (χ0n) is 8.90. The van der Waals surface area contributed by atoms with Crippen LogP contribution >= 0.6 is 15.9 Å². The van der Waals surface area contributed by atoms with Crippen LogP contribution < -0.4 is 5.73 Å². The Labute approximate surface area is 104 Å². The van der Waals surface area contributed by atoms with Crippen LogP contribution in [-0.2, 0) is 12.8 Å². The molecular weight excluding hydrogens is 266 g/mol. The smallest absolute Gasteiger partial charge is 0.105 e. The summed E-state index contributed by atoms with van der Waals surface area (Å²) in [5, 5.41) is 0. The molecule has 0 saturated heterocycles. The second-order valence-electron chi connectivity index (χ2n) is 3.84. The van der Waals surface area contributed by atoms with Gasteiger partial charge in [-0.1, -0.05) is 34.1 Å². The third kappa shape index (κ3) is 2.97. The van der Waals surface area contributed by atoms with Gasteiger partial charge in [-0.05, 0) is 30.2 Å². The fourth-order valence-corrected chi connectivity index (χ4v) is 2.15.